The van der Waals surface area contributed by atoms with Crippen LogP contribution < -0.4 is 14.8 Å². The lowest BCUT2D eigenvalue weighted by atomic mass is 9.99. The van der Waals surface area contributed by atoms with E-state index >= 15 is 0 Å². The summed E-state index contributed by atoms with van der Waals surface area (Å²) in [4.78, 5) is 12.3. The molecule has 0 spiro atoms. The molecule has 1 saturated carbocycles. The van der Waals surface area contributed by atoms with E-state index in [-0.39, 0.29) is 12.7 Å². The number of carbonyl (C=O) groups excluding carboxylic acids is 1. The van der Waals surface area contributed by atoms with Crippen molar-refractivity contribution >= 4 is 5.91 Å². The van der Waals surface area contributed by atoms with Gasteiger partial charge in [-0.25, -0.2) is 0 Å². The number of ether oxygens (including phenoxy) is 2. The van der Waals surface area contributed by atoms with E-state index in [1.165, 1.54) is 0 Å². The van der Waals surface area contributed by atoms with Crippen LogP contribution in [0.4, 0.5) is 0 Å². The maximum atomic E-state index is 12.3. The van der Waals surface area contributed by atoms with Crippen molar-refractivity contribution in [2.75, 3.05) is 6.79 Å². The molecule has 98 valence electrons. The number of hydrogen-bond donors (Lipinski definition) is 1. The molecule has 1 aromatic rings. The van der Waals surface area contributed by atoms with Crippen molar-refractivity contribution in [1.29, 1.82) is 5.26 Å². The van der Waals surface area contributed by atoms with E-state index in [0.717, 1.165) is 12.8 Å². The first kappa shape index (κ1) is 11.8. The van der Waals surface area contributed by atoms with E-state index in [2.05, 4.69) is 11.4 Å². The third kappa shape index (κ3) is 1.99. The number of nitrogens with one attached hydrogen (secondary N) is 1. The number of rotatable bonds is 2. The van der Waals surface area contributed by atoms with Crippen LogP contribution in [0.2, 0.25) is 0 Å². The van der Waals surface area contributed by atoms with Gasteiger partial charge in [0.2, 0.25) is 6.79 Å². The second kappa shape index (κ2) is 4.47. The van der Waals surface area contributed by atoms with Crippen LogP contribution in [0.1, 0.15) is 36.0 Å². The Balaban J connectivity index is 1.86. The monoisotopic (exact) mass is 258 g/mol. The molecule has 0 atom stereocenters. The van der Waals surface area contributed by atoms with Crippen molar-refractivity contribution in [3.05, 3.63) is 23.8 Å². The molecule has 2 aliphatic rings. The van der Waals surface area contributed by atoms with E-state index in [9.17, 15) is 10.1 Å². The molecule has 0 saturated heterocycles. The molecule has 0 aromatic heterocycles. The Morgan fingerprint density at radius 2 is 2.11 bits per heavy atom. The third-order valence-corrected chi connectivity index (χ3v) is 3.67. The fourth-order valence-electron chi connectivity index (χ4n) is 2.64. The fourth-order valence-corrected chi connectivity index (χ4v) is 2.64. The number of fused-ring (bicyclic) bond motifs is 1. The molecule has 19 heavy (non-hydrogen) atoms. The lowest BCUT2D eigenvalue weighted by Gasteiger charge is -2.22. The summed E-state index contributed by atoms with van der Waals surface area (Å²) < 4.78 is 10.6. The summed E-state index contributed by atoms with van der Waals surface area (Å²) in [6, 6.07) is 7.43. The van der Waals surface area contributed by atoms with Crippen LogP contribution in [-0.4, -0.2) is 18.2 Å². The second-order valence-electron chi connectivity index (χ2n) is 4.89. The van der Waals surface area contributed by atoms with Gasteiger partial charge in [0.1, 0.15) is 5.54 Å². The molecule has 0 radical (unpaired) electrons. The van der Waals surface area contributed by atoms with Gasteiger partial charge in [-0.05, 0) is 37.8 Å². The third-order valence-electron chi connectivity index (χ3n) is 3.67. The highest BCUT2D eigenvalue weighted by molar-refractivity contribution is 5.98. The highest BCUT2D eigenvalue weighted by Gasteiger charge is 2.36. The van der Waals surface area contributed by atoms with E-state index in [1.54, 1.807) is 18.2 Å². The molecular formula is C14H14N2O3. The molecule has 1 amide bonds. The van der Waals surface area contributed by atoms with Gasteiger partial charge in [0.15, 0.2) is 11.5 Å². The summed E-state index contributed by atoms with van der Waals surface area (Å²) in [6.45, 7) is 0.128. The number of benzene rings is 1. The standard InChI is InChI=1S/C14H14N2O3/c15-8-14(6-1-2-7-14)16-13(17)10-4-3-5-11-12(10)19-9-18-11/h3-5H,1-2,6-7,9H2,(H,16,17). The van der Waals surface area contributed by atoms with Crippen molar-refractivity contribution in [1.82, 2.24) is 5.32 Å². The minimum absolute atomic E-state index is 0.128. The van der Waals surface area contributed by atoms with Gasteiger partial charge >= 0.3 is 0 Å². The lowest BCUT2D eigenvalue weighted by molar-refractivity contribution is 0.0916. The number of carbonyl (C=O) groups is 1. The minimum atomic E-state index is -0.723. The lowest BCUT2D eigenvalue weighted by Crippen LogP contribution is -2.45. The first-order chi connectivity index (χ1) is 9.24. The number of nitriles is 1. The number of para-hydroxylation sites is 1. The molecule has 1 aliphatic carbocycles. The second-order valence-corrected chi connectivity index (χ2v) is 4.89. The Morgan fingerprint density at radius 1 is 1.32 bits per heavy atom. The van der Waals surface area contributed by atoms with Crippen molar-refractivity contribution in [2.24, 2.45) is 0 Å². The minimum Gasteiger partial charge on any atom is -0.454 e. The smallest absolute Gasteiger partial charge is 0.256 e. The van der Waals surface area contributed by atoms with E-state index in [1.807, 2.05) is 0 Å². The molecule has 3 rings (SSSR count). The predicted octanol–water partition coefficient (Wildman–Crippen LogP) is 1.98. The Bertz CT molecular complexity index is 556. The van der Waals surface area contributed by atoms with Crippen LogP contribution in [-0.2, 0) is 0 Å². The van der Waals surface area contributed by atoms with Gasteiger partial charge in [-0.1, -0.05) is 6.07 Å². The van der Waals surface area contributed by atoms with Gasteiger partial charge in [-0.15, -0.1) is 0 Å². The van der Waals surface area contributed by atoms with Crippen LogP contribution in [0.25, 0.3) is 0 Å². The fraction of sp³-hybridized carbons (Fsp3) is 0.429. The molecule has 1 fully saturated rings. The molecule has 5 nitrogen and oxygen atoms in total. The first-order valence-electron chi connectivity index (χ1n) is 6.36. The highest BCUT2D eigenvalue weighted by atomic mass is 16.7. The van der Waals surface area contributed by atoms with Crippen molar-refractivity contribution in [2.45, 2.75) is 31.2 Å². The van der Waals surface area contributed by atoms with Crippen LogP contribution in [0.5, 0.6) is 11.5 Å². The van der Waals surface area contributed by atoms with Crippen molar-refractivity contribution in [3.8, 4) is 17.6 Å². The first-order valence-corrected chi connectivity index (χ1v) is 6.36. The quantitative estimate of drug-likeness (QED) is 0.880. The summed E-state index contributed by atoms with van der Waals surface area (Å²) >= 11 is 0. The highest BCUT2D eigenvalue weighted by Crippen LogP contribution is 2.36. The number of amides is 1. The molecule has 1 aromatic carbocycles. The van der Waals surface area contributed by atoms with Crippen LogP contribution in [0.15, 0.2) is 18.2 Å². The summed E-state index contributed by atoms with van der Waals surface area (Å²) in [7, 11) is 0. The largest absolute Gasteiger partial charge is 0.454 e. The summed E-state index contributed by atoms with van der Waals surface area (Å²) in [5.41, 5.74) is -0.296. The van der Waals surface area contributed by atoms with Gasteiger partial charge in [0.25, 0.3) is 5.91 Å². The Morgan fingerprint density at radius 3 is 2.84 bits per heavy atom. The average molecular weight is 258 g/mol. The summed E-state index contributed by atoms with van der Waals surface area (Å²) in [5.74, 6) is 0.766. The summed E-state index contributed by atoms with van der Waals surface area (Å²) in [6.07, 6.45) is 3.37. The molecule has 1 N–H and O–H groups in total. The Kier molecular flexibility index (Phi) is 2.79. The molecule has 5 heteroatoms. The summed E-state index contributed by atoms with van der Waals surface area (Å²) in [5, 5.41) is 12.1. The van der Waals surface area contributed by atoms with Crippen molar-refractivity contribution < 1.29 is 14.3 Å². The number of hydrogen-bond acceptors (Lipinski definition) is 4. The molecular weight excluding hydrogens is 244 g/mol. The topological polar surface area (TPSA) is 71.4 Å². The number of nitrogens with zero attached hydrogens (tertiary/aromatic N) is 1. The maximum Gasteiger partial charge on any atom is 0.256 e. The zero-order chi connectivity index (χ0) is 13.3. The van der Waals surface area contributed by atoms with Crippen molar-refractivity contribution in [3.63, 3.8) is 0 Å². The van der Waals surface area contributed by atoms with Gasteiger partial charge in [0, 0.05) is 0 Å². The SMILES string of the molecule is N#CC1(NC(=O)c2cccc3c2OCO3)CCCC1. The maximum absolute atomic E-state index is 12.3. The van der Waals surface area contributed by atoms with Crippen LogP contribution >= 0.6 is 0 Å². The molecule has 1 heterocycles. The van der Waals surface area contributed by atoms with Crippen LogP contribution in [0.3, 0.4) is 0 Å². The van der Waals surface area contributed by atoms with Gasteiger partial charge < -0.3 is 14.8 Å². The zero-order valence-electron chi connectivity index (χ0n) is 10.4. The van der Waals surface area contributed by atoms with Crippen LogP contribution in [0, 0.1) is 11.3 Å². The zero-order valence-corrected chi connectivity index (χ0v) is 10.4. The van der Waals surface area contributed by atoms with Gasteiger partial charge in [-0.2, -0.15) is 5.26 Å². The average Bonchev–Trinajstić information content (AvgIpc) is 3.06. The van der Waals surface area contributed by atoms with E-state index < -0.39 is 5.54 Å². The normalized spacial score (nSPS) is 18.9. The Hall–Kier alpha value is -2.22. The van der Waals surface area contributed by atoms with Gasteiger partial charge in [-0.3, -0.25) is 4.79 Å². The predicted molar refractivity (Wildman–Crippen MR) is 66.8 cm³/mol. The molecule has 0 bridgehead atoms. The van der Waals surface area contributed by atoms with E-state index in [4.69, 9.17) is 9.47 Å². The van der Waals surface area contributed by atoms with E-state index in [0.29, 0.717) is 29.9 Å². The molecule has 0 unspecified atom stereocenters. The Labute approximate surface area is 111 Å². The van der Waals surface area contributed by atoms with Gasteiger partial charge in [0.05, 0.1) is 11.6 Å². The molecule has 1 aliphatic heterocycles.